The summed E-state index contributed by atoms with van der Waals surface area (Å²) < 4.78 is 11.9. The van der Waals surface area contributed by atoms with E-state index in [4.69, 9.17) is 8.85 Å². The van der Waals surface area contributed by atoms with Crippen LogP contribution in [-0.4, -0.2) is 29.7 Å². The third kappa shape index (κ3) is 6.96. The minimum Gasteiger partial charge on any atom is -0.519 e. The van der Waals surface area contributed by atoms with Gasteiger partial charge in [0.2, 0.25) is 9.76 Å². The highest BCUT2D eigenvalue weighted by molar-refractivity contribution is 6.76. The fourth-order valence-electron chi connectivity index (χ4n) is 2.28. The molecule has 5 heteroatoms. The molecule has 0 bridgehead atoms. The summed E-state index contributed by atoms with van der Waals surface area (Å²) in [6, 6.07) is 0.752. The van der Waals surface area contributed by atoms with Gasteiger partial charge in [0.05, 0.1) is 5.92 Å². The molecule has 0 saturated carbocycles. The summed E-state index contributed by atoms with van der Waals surface area (Å²) in [5.74, 6) is -0.111. The van der Waals surface area contributed by atoms with Crippen LogP contribution in [0.4, 0.5) is 0 Å². The minimum absolute atomic E-state index is 0.0280. The van der Waals surface area contributed by atoms with E-state index in [1.807, 2.05) is 27.7 Å². The molecular weight excluding hydrogens is 308 g/mol. The van der Waals surface area contributed by atoms with E-state index < -0.39 is 8.32 Å². The Hall–Kier alpha value is -0.136. The predicted octanol–water partition coefficient (Wildman–Crippen LogP) is 5.19. The van der Waals surface area contributed by atoms with Gasteiger partial charge in [-0.25, -0.2) is 0 Å². The van der Waals surface area contributed by atoms with Gasteiger partial charge in [-0.15, -0.1) is 0 Å². The van der Waals surface area contributed by atoms with Crippen molar-refractivity contribution < 1.29 is 13.6 Å². The molecule has 0 aromatic rings. The summed E-state index contributed by atoms with van der Waals surface area (Å²) in [7, 11) is -1.70. The standard InChI is InChI=1S/C17H36O3Si2/c1-10-14(4)22(9,15(5)11-2)19-16(18)13(3)12-21-20-17(6,7)8/h13-15H,10-12H2,1-9H3. The minimum atomic E-state index is -2.05. The summed E-state index contributed by atoms with van der Waals surface area (Å²) in [6.07, 6.45) is 2.15. The van der Waals surface area contributed by atoms with E-state index in [1.165, 1.54) is 0 Å². The van der Waals surface area contributed by atoms with E-state index in [1.54, 1.807) is 0 Å². The molecule has 0 aliphatic heterocycles. The van der Waals surface area contributed by atoms with Crippen molar-refractivity contribution in [3.63, 3.8) is 0 Å². The molecule has 0 heterocycles. The number of hydrogen-bond donors (Lipinski definition) is 0. The molecule has 0 N–H and O–H groups in total. The van der Waals surface area contributed by atoms with Gasteiger partial charge in [0.15, 0.2) is 0 Å². The van der Waals surface area contributed by atoms with Gasteiger partial charge in [0.1, 0.15) is 0 Å². The van der Waals surface area contributed by atoms with Gasteiger partial charge in [-0.2, -0.15) is 0 Å². The first kappa shape index (κ1) is 21.9. The Labute approximate surface area is 141 Å². The van der Waals surface area contributed by atoms with E-state index in [0.717, 1.165) is 18.9 Å². The van der Waals surface area contributed by atoms with E-state index >= 15 is 0 Å². The van der Waals surface area contributed by atoms with Crippen LogP contribution in [0.2, 0.25) is 23.7 Å². The lowest BCUT2D eigenvalue weighted by atomic mass is 10.2. The topological polar surface area (TPSA) is 35.5 Å². The second kappa shape index (κ2) is 9.23. The molecule has 0 aliphatic rings. The second-order valence-electron chi connectivity index (χ2n) is 7.69. The quantitative estimate of drug-likeness (QED) is 0.540. The van der Waals surface area contributed by atoms with Crippen LogP contribution in [-0.2, 0) is 13.6 Å². The van der Waals surface area contributed by atoms with Crippen LogP contribution in [0.25, 0.3) is 0 Å². The van der Waals surface area contributed by atoms with Crippen molar-refractivity contribution >= 4 is 24.0 Å². The highest BCUT2D eigenvalue weighted by atomic mass is 28.4. The maximum absolute atomic E-state index is 12.5. The normalized spacial score (nSPS) is 19.1. The molecule has 130 valence electrons. The lowest BCUT2D eigenvalue weighted by Gasteiger charge is -2.38. The molecule has 0 rings (SSSR count). The van der Waals surface area contributed by atoms with Crippen LogP contribution in [0.1, 0.15) is 68.2 Å². The molecular formula is C17H36O3Si2. The molecule has 22 heavy (non-hydrogen) atoms. The van der Waals surface area contributed by atoms with Gasteiger partial charge in [-0.1, -0.05) is 47.5 Å². The Balaban J connectivity index is 4.69. The molecule has 3 nitrogen and oxygen atoms in total. The van der Waals surface area contributed by atoms with Gasteiger partial charge in [0.25, 0.3) is 14.3 Å². The largest absolute Gasteiger partial charge is 0.519 e. The summed E-state index contributed by atoms with van der Waals surface area (Å²) in [6.45, 7) is 19.2. The first-order chi connectivity index (χ1) is 9.97. The van der Waals surface area contributed by atoms with Crippen molar-refractivity contribution in [3.05, 3.63) is 0 Å². The van der Waals surface area contributed by atoms with Crippen LogP contribution in [0, 0.1) is 5.92 Å². The first-order valence-corrected chi connectivity index (χ1v) is 12.3. The molecule has 0 fully saturated rings. The summed E-state index contributed by atoms with van der Waals surface area (Å²) in [4.78, 5) is 12.5. The third-order valence-electron chi connectivity index (χ3n) is 4.67. The lowest BCUT2D eigenvalue weighted by molar-refractivity contribution is -0.139. The van der Waals surface area contributed by atoms with Gasteiger partial charge in [-0.05, 0) is 44.4 Å². The monoisotopic (exact) mass is 344 g/mol. The van der Waals surface area contributed by atoms with Crippen LogP contribution >= 0.6 is 0 Å². The fourth-order valence-corrected chi connectivity index (χ4v) is 6.84. The van der Waals surface area contributed by atoms with E-state index in [9.17, 15) is 4.79 Å². The third-order valence-corrected chi connectivity index (χ3v) is 11.6. The van der Waals surface area contributed by atoms with Crippen molar-refractivity contribution in [3.8, 4) is 0 Å². The Morgan fingerprint density at radius 2 is 1.55 bits per heavy atom. The summed E-state index contributed by atoms with van der Waals surface area (Å²) in [5, 5.41) is 0. The molecule has 2 radical (unpaired) electrons. The van der Waals surface area contributed by atoms with E-state index in [-0.39, 0.29) is 17.5 Å². The number of carbonyl (C=O) groups excluding carboxylic acids is 1. The zero-order valence-corrected chi connectivity index (χ0v) is 18.1. The van der Waals surface area contributed by atoms with Gasteiger partial charge in [-0.3, -0.25) is 4.79 Å². The predicted molar refractivity (Wildman–Crippen MR) is 97.7 cm³/mol. The molecule has 0 saturated heterocycles. The van der Waals surface area contributed by atoms with Crippen molar-refractivity contribution in [1.82, 2.24) is 0 Å². The molecule has 0 aromatic carbocycles. The highest BCUT2D eigenvalue weighted by Gasteiger charge is 2.43. The van der Waals surface area contributed by atoms with E-state index in [2.05, 4.69) is 34.2 Å². The van der Waals surface area contributed by atoms with Gasteiger partial charge in [0, 0.05) is 5.60 Å². The average molecular weight is 345 g/mol. The maximum atomic E-state index is 12.5. The molecule has 0 aliphatic carbocycles. The van der Waals surface area contributed by atoms with Crippen LogP contribution in [0.15, 0.2) is 0 Å². The van der Waals surface area contributed by atoms with Crippen LogP contribution in [0.5, 0.6) is 0 Å². The highest BCUT2D eigenvalue weighted by Crippen LogP contribution is 2.38. The first-order valence-electron chi connectivity index (χ1n) is 8.61. The van der Waals surface area contributed by atoms with Crippen molar-refractivity contribution in [2.75, 3.05) is 0 Å². The molecule has 3 unspecified atom stereocenters. The molecule has 0 aromatic heterocycles. The average Bonchev–Trinajstić information content (AvgIpc) is 2.43. The Morgan fingerprint density at radius 3 is 1.91 bits per heavy atom. The van der Waals surface area contributed by atoms with Crippen LogP contribution < -0.4 is 0 Å². The SMILES string of the molecule is CCC(C)[Si](C)(OC(=O)C(C)C[Si]OC(C)(C)C)C(C)CC. The summed E-state index contributed by atoms with van der Waals surface area (Å²) >= 11 is 0. The molecule has 0 amide bonds. The summed E-state index contributed by atoms with van der Waals surface area (Å²) in [5.41, 5.74) is 0.845. The zero-order valence-electron chi connectivity index (χ0n) is 16.1. The zero-order chi connectivity index (χ0) is 17.6. The van der Waals surface area contributed by atoms with Gasteiger partial charge < -0.3 is 8.85 Å². The van der Waals surface area contributed by atoms with Crippen molar-refractivity contribution in [2.24, 2.45) is 5.92 Å². The fraction of sp³-hybridized carbons (Fsp3) is 0.941. The lowest BCUT2D eigenvalue weighted by Crippen LogP contribution is -2.46. The smallest absolute Gasteiger partial charge is 0.295 e. The molecule has 3 atom stereocenters. The van der Waals surface area contributed by atoms with Crippen molar-refractivity contribution in [2.45, 2.75) is 97.5 Å². The second-order valence-corrected chi connectivity index (χ2v) is 13.1. The number of hydrogen-bond acceptors (Lipinski definition) is 3. The van der Waals surface area contributed by atoms with Gasteiger partial charge >= 0.3 is 0 Å². The Morgan fingerprint density at radius 1 is 1.09 bits per heavy atom. The maximum Gasteiger partial charge on any atom is 0.295 e. The molecule has 0 spiro atoms. The Bertz CT molecular complexity index is 329. The number of rotatable bonds is 9. The van der Waals surface area contributed by atoms with Crippen LogP contribution in [0.3, 0.4) is 0 Å². The number of carbonyl (C=O) groups is 1. The van der Waals surface area contributed by atoms with Crippen molar-refractivity contribution in [1.29, 1.82) is 0 Å². The Kier molecular flexibility index (Phi) is 9.17. The van der Waals surface area contributed by atoms with E-state index in [0.29, 0.717) is 20.8 Å².